The van der Waals surface area contributed by atoms with Crippen LogP contribution in [0.3, 0.4) is 0 Å². The predicted octanol–water partition coefficient (Wildman–Crippen LogP) is 3.49. The van der Waals surface area contributed by atoms with E-state index in [0.29, 0.717) is 0 Å². The van der Waals surface area contributed by atoms with Crippen LogP contribution < -0.4 is 14.3 Å². The molecule has 0 atom stereocenters. The highest BCUT2D eigenvalue weighted by atomic mass is 32.2. The summed E-state index contributed by atoms with van der Waals surface area (Å²) >= 11 is 0. The lowest BCUT2D eigenvalue weighted by atomic mass is 10.2. The van der Waals surface area contributed by atoms with Gasteiger partial charge in [-0.15, -0.1) is 0 Å². The van der Waals surface area contributed by atoms with E-state index in [1.54, 1.807) is 24.3 Å². The van der Waals surface area contributed by atoms with Crippen molar-refractivity contribution in [2.45, 2.75) is 38.2 Å². The number of nitrogens with zero attached hydrogens (tertiary/aromatic N) is 1. The molecule has 0 aromatic heterocycles. The van der Waals surface area contributed by atoms with Gasteiger partial charge in [-0.2, -0.15) is 18.4 Å². The number of benzene rings is 2. The van der Waals surface area contributed by atoms with Crippen LogP contribution in [0.2, 0.25) is 0 Å². The molecule has 0 aliphatic rings. The molecule has 0 saturated heterocycles. The zero-order chi connectivity index (χ0) is 19.4. The van der Waals surface area contributed by atoms with Crippen LogP contribution >= 0.6 is 0 Å². The standard InChI is InChI=1S/C19H24N2O4S/c1-14-6-11-17(24-5)18(12-14)26(22,23)21-20-13-15-7-9-16(10-8-15)25-19(2,3)4/h6-13,21H,1-5H3/b20-13+. The molecule has 140 valence electrons. The fraction of sp³-hybridized carbons (Fsp3) is 0.316. The summed E-state index contributed by atoms with van der Waals surface area (Å²) in [4.78, 5) is 2.26. The van der Waals surface area contributed by atoms with Crippen molar-refractivity contribution in [1.29, 1.82) is 0 Å². The van der Waals surface area contributed by atoms with Crippen LogP contribution in [-0.2, 0) is 10.0 Å². The first-order valence-corrected chi connectivity index (χ1v) is 9.58. The number of aryl methyl sites for hydroxylation is 1. The van der Waals surface area contributed by atoms with E-state index < -0.39 is 10.0 Å². The number of ether oxygens (including phenoxy) is 2. The first-order valence-electron chi connectivity index (χ1n) is 8.09. The predicted molar refractivity (Wildman–Crippen MR) is 102 cm³/mol. The van der Waals surface area contributed by atoms with Gasteiger partial charge in [-0.1, -0.05) is 6.07 Å². The summed E-state index contributed by atoms with van der Waals surface area (Å²) in [7, 11) is -2.40. The van der Waals surface area contributed by atoms with E-state index in [9.17, 15) is 8.42 Å². The molecule has 26 heavy (non-hydrogen) atoms. The summed E-state index contributed by atoms with van der Waals surface area (Å²) in [5.74, 6) is 1.00. The van der Waals surface area contributed by atoms with Crippen molar-refractivity contribution in [3.63, 3.8) is 0 Å². The molecule has 0 saturated carbocycles. The normalized spacial score (nSPS) is 12.2. The van der Waals surface area contributed by atoms with Crippen molar-refractivity contribution < 1.29 is 17.9 Å². The topological polar surface area (TPSA) is 77.0 Å². The maximum absolute atomic E-state index is 12.4. The van der Waals surface area contributed by atoms with Gasteiger partial charge in [-0.25, -0.2) is 0 Å². The first kappa shape index (κ1) is 19.8. The van der Waals surface area contributed by atoms with Crippen LogP contribution in [0.5, 0.6) is 11.5 Å². The third kappa shape index (κ3) is 5.49. The molecule has 2 aromatic carbocycles. The Kier molecular flexibility index (Phi) is 5.92. The Morgan fingerprint density at radius 1 is 1.08 bits per heavy atom. The highest BCUT2D eigenvalue weighted by Gasteiger charge is 2.18. The number of hydrogen-bond donors (Lipinski definition) is 1. The second-order valence-electron chi connectivity index (χ2n) is 6.79. The summed E-state index contributed by atoms with van der Waals surface area (Å²) in [6.45, 7) is 7.72. The molecule has 0 spiro atoms. The molecule has 0 aliphatic carbocycles. The van der Waals surface area contributed by atoms with Crippen molar-refractivity contribution in [2.24, 2.45) is 5.10 Å². The van der Waals surface area contributed by atoms with E-state index in [-0.39, 0.29) is 16.2 Å². The third-order valence-corrected chi connectivity index (χ3v) is 4.54. The molecule has 7 heteroatoms. The van der Waals surface area contributed by atoms with E-state index in [4.69, 9.17) is 9.47 Å². The highest BCUT2D eigenvalue weighted by molar-refractivity contribution is 7.89. The van der Waals surface area contributed by atoms with Crippen LogP contribution in [0.1, 0.15) is 31.9 Å². The summed E-state index contributed by atoms with van der Waals surface area (Å²) in [5, 5.41) is 3.84. The summed E-state index contributed by atoms with van der Waals surface area (Å²) in [6.07, 6.45) is 1.43. The molecule has 0 radical (unpaired) electrons. The lowest BCUT2D eigenvalue weighted by molar-refractivity contribution is 0.131. The van der Waals surface area contributed by atoms with Crippen LogP contribution in [0.25, 0.3) is 0 Å². The minimum Gasteiger partial charge on any atom is -0.495 e. The molecule has 0 unspecified atom stereocenters. The zero-order valence-corrected chi connectivity index (χ0v) is 16.4. The molecule has 0 aliphatic heterocycles. The molecule has 2 rings (SSSR count). The molecular formula is C19H24N2O4S. The van der Waals surface area contributed by atoms with Crippen molar-refractivity contribution in [3.8, 4) is 11.5 Å². The van der Waals surface area contributed by atoms with Gasteiger partial charge in [-0.3, -0.25) is 0 Å². The molecule has 0 fully saturated rings. The molecule has 0 heterocycles. The monoisotopic (exact) mass is 376 g/mol. The number of rotatable bonds is 6. The molecule has 1 N–H and O–H groups in total. The number of sulfonamides is 1. The molecule has 6 nitrogen and oxygen atoms in total. The van der Waals surface area contributed by atoms with Crippen molar-refractivity contribution >= 4 is 16.2 Å². The fourth-order valence-electron chi connectivity index (χ4n) is 2.19. The van der Waals surface area contributed by atoms with E-state index in [2.05, 4.69) is 9.93 Å². The van der Waals surface area contributed by atoms with E-state index in [0.717, 1.165) is 16.9 Å². The van der Waals surface area contributed by atoms with Crippen molar-refractivity contribution in [1.82, 2.24) is 4.83 Å². The minimum atomic E-state index is -3.83. The fourth-order valence-corrected chi connectivity index (χ4v) is 3.24. The average Bonchev–Trinajstić information content (AvgIpc) is 2.55. The van der Waals surface area contributed by atoms with Gasteiger partial charge < -0.3 is 9.47 Å². The second kappa shape index (κ2) is 7.78. The lowest BCUT2D eigenvalue weighted by Gasteiger charge is -2.21. The zero-order valence-electron chi connectivity index (χ0n) is 15.6. The smallest absolute Gasteiger partial charge is 0.280 e. The van der Waals surface area contributed by atoms with Crippen molar-refractivity contribution in [3.05, 3.63) is 53.6 Å². The summed E-state index contributed by atoms with van der Waals surface area (Å²) in [5.41, 5.74) is 1.27. The van der Waals surface area contributed by atoms with Crippen LogP contribution in [0, 0.1) is 6.92 Å². The lowest BCUT2D eigenvalue weighted by Crippen LogP contribution is -2.22. The Morgan fingerprint density at radius 3 is 2.31 bits per heavy atom. The second-order valence-corrected chi connectivity index (χ2v) is 8.42. The van der Waals surface area contributed by atoms with Crippen molar-refractivity contribution in [2.75, 3.05) is 7.11 Å². The Morgan fingerprint density at radius 2 is 1.73 bits per heavy atom. The molecule has 0 amide bonds. The van der Waals surface area contributed by atoms with Gasteiger partial charge >= 0.3 is 0 Å². The quantitative estimate of drug-likeness (QED) is 0.618. The van der Waals surface area contributed by atoms with Crippen LogP contribution in [0.15, 0.2) is 52.5 Å². The van der Waals surface area contributed by atoms with Gasteiger partial charge in [0.05, 0.1) is 13.3 Å². The maximum Gasteiger partial charge on any atom is 0.280 e. The van der Waals surface area contributed by atoms with Gasteiger partial charge in [0.2, 0.25) is 0 Å². The number of nitrogens with one attached hydrogen (secondary N) is 1. The average molecular weight is 376 g/mol. The molecule has 0 bridgehead atoms. The molecule has 2 aromatic rings. The SMILES string of the molecule is COc1ccc(C)cc1S(=O)(=O)N/N=C/c1ccc(OC(C)(C)C)cc1. The van der Waals surface area contributed by atoms with Gasteiger partial charge in [-0.05, 0) is 75.2 Å². The Hall–Kier alpha value is -2.54. The number of hydrogen-bond acceptors (Lipinski definition) is 5. The van der Waals surface area contributed by atoms with Gasteiger partial charge in [0, 0.05) is 0 Å². The minimum absolute atomic E-state index is 0.0473. The number of hydrazone groups is 1. The third-order valence-electron chi connectivity index (χ3n) is 3.30. The summed E-state index contributed by atoms with van der Waals surface area (Å²) < 4.78 is 35.7. The van der Waals surface area contributed by atoms with Gasteiger partial charge in [0.15, 0.2) is 0 Å². The Labute approximate surface area is 154 Å². The Bertz CT molecular complexity index is 883. The Balaban J connectivity index is 2.11. The number of methoxy groups -OCH3 is 1. The highest BCUT2D eigenvalue weighted by Crippen LogP contribution is 2.24. The van der Waals surface area contributed by atoms with E-state index in [1.165, 1.54) is 19.4 Å². The largest absolute Gasteiger partial charge is 0.495 e. The summed E-state index contributed by atoms with van der Waals surface area (Å²) in [6, 6.07) is 12.1. The van der Waals surface area contributed by atoms with Crippen LogP contribution in [0.4, 0.5) is 0 Å². The first-order chi connectivity index (χ1) is 12.1. The van der Waals surface area contributed by atoms with Crippen LogP contribution in [-0.4, -0.2) is 27.3 Å². The van der Waals surface area contributed by atoms with Gasteiger partial charge in [0.25, 0.3) is 10.0 Å². The van der Waals surface area contributed by atoms with Gasteiger partial charge in [0.1, 0.15) is 22.0 Å². The van der Waals surface area contributed by atoms with E-state index >= 15 is 0 Å². The molecular weight excluding hydrogens is 352 g/mol. The maximum atomic E-state index is 12.4. The van der Waals surface area contributed by atoms with E-state index in [1.807, 2.05) is 39.8 Å².